The molecule has 1 aromatic carbocycles. The molecule has 0 radical (unpaired) electrons. The number of fused-ring (bicyclic) bond motifs is 1. The van der Waals surface area contributed by atoms with Crippen molar-refractivity contribution in [3.8, 4) is 11.4 Å². The number of aromatic nitrogens is 2. The summed E-state index contributed by atoms with van der Waals surface area (Å²) in [5, 5.41) is 0.637. The smallest absolute Gasteiger partial charge is 0.161 e. The molecule has 0 N–H and O–H groups in total. The fourth-order valence-electron chi connectivity index (χ4n) is 2.49. The van der Waals surface area contributed by atoms with E-state index in [4.69, 9.17) is 16.6 Å². The summed E-state index contributed by atoms with van der Waals surface area (Å²) in [7, 11) is 0. The standard InChI is InChI=1S/C15H15ClN2/c1-10-6-2-3-7-11(10)15-17-13-9-5-4-8-12(13)14(16)18-15/h2-3,6-7H,4-5,8-9H2,1H3. The first-order valence-electron chi connectivity index (χ1n) is 6.37. The molecule has 0 spiro atoms. The van der Waals surface area contributed by atoms with Crippen molar-refractivity contribution >= 4 is 11.6 Å². The van der Waals surface area contributed by atoms with Crippen LogP contribution >= 0.6 is 11.6 Å². The highest BCUT2D eigenvalue weighted by atomic mass is 35.5. The Hall–Kier alpha value is -1.41. The van der Waals surface area contributed by atoms with Gasteiger partial charge in [0.25, 0.3) is 0 Å². The van der Waals surface area contributed by atoms with Crippen LogP contribution < -0.4 is 0 Å². The van der Waals surface area contributed by atoms with Gasteiger partial charge < -0.3 is 0 Å². The number of nitrogens with zero attached hydrogens (tertiary/aromatic N) is 2. The third-order valence-electron chi connectivity index (χ3n) is 3.52. The molecule has 0 saturated heterocycles. The highest BCUT2D eigenvalue weighted by molar-refractivity contribution is 6.30. The zero-order valence-corrected chi connectivity index (χ0v) is 11.2. The van der Waals surface area contributed by atoms with Crippen molar-refractivity contribution in [3.05, 3.63) is 46.2 Å². The van der Waals surface area contributed by atoms with Crippen LogP contribution in [0.5, 0.6) is 0 Å². The van der Waals surface area contributed by atoms with Crippen molar-refractivity contribution in [2.45, 2.75) is 32.6 Å². The van der Waals surface area contributed by atoms with Crippen LogP contribution in [0.3, 0.4) is 0 Å². The van der Waals surface area contributed by atoms with Crippen molar-refractivity contribution < 1.29 is 0 Å². The second-order valence-electron chi connectivity index (χ2n) is 4.79. The Kier molecular flexibility index (Phi) is 3.04. The van der Waals surface area contributed by atoms with Gasteiger partial charge in [0.15, 0.2) is 5.82 Å². The minimum Gasteiger partial charge on any atom is -0.233 e. The lowest BCUT2D eigenvalue weighted by atomic mass is 9.97. The Bertz CT molecular complexity index is 593. The molecule has 0 aliphatic heterocycles. The molecule has 0 amide bonds. The van der Waals surface area contributed by atoms with E-state index >= 15 is 0 Å². The topological polar surface area (TPSA) is 25.8 Å². The largest absolute Gasteiger partial charge is 0.233 e. The van der Waals surface area contributed by atoms with E-state index in [0.717, 1.165) is 35.5 Å². The fourth-order valence-corrected chi connectivity index (χ4v) is 2.78. The summed E-state index contributed by atoms with van der Waals surface area (Å²) in [6, 6.07) is 8.17. The van der Waals surface area contributed by atoms with Crippen LogP contribution in [0.2, 0.25) is 5.15 Å². The SMILES string of the molecule is Cc1ccccc1-c1nc(Cl)c2c(n1)CCCC2. The maximum Gasteiger partial charge on any atom is 0.161 e. The molecule has 0 unspecified atom stereocenters. The zero-order valence-electron chi connectivity index (χ0n) is 10.4. The molecule has 1 aliphatic rings. The van der Waals surface area contributed by atoms with Crippen molar-refractivity contribution in [2.24, 2.45) is 0 Å². The Balaban J connectivity index is 2.14. The molecule has 2 aromatic rings. The van der Waals surface area contributed by atoms with Crippen molar-refractivity contribution in [2.75, 3.05) is 0 Å². The summed E-state index contributed by atoms with van der Waals surface area (Å²) in [6.45, 7) is 2.08. The molecular weight excluding hydrogens is 244 g/mol. The molecule has 0 atom stereocenters. The molecule has 3 rings (SSSR count). The van der Waals surface area contributed by atoms with Crippen molar-refractivity contribution in [1.29, 1.82) is 0 Å². The maximum absolute atomic E-state index is 6.30. The Morgan fingerprint density at radius 1 is 1.06 bits per heavy atom. The molecule has 2 nitrogen and oxygen atoms in total. The van der Waals surface area contributed by atoms with Gasteiger partial charge in [-0.2, -0.15) is 0 Å². The molecule has 3 heteroatoms. The van der Waals surface area contributed by atoms with E-state index < -0.39 is 0 Å². The molecule has 1 aliphatic carbocycles. The van der Waals surface area contributed by atoms with Gasteiger partial charge in [-0.1, -0.05) is 35.9 Å². The van der Waals surface area contributed by atoms with E-state index in [1.165, 1.54) is 18.4 Å². The molecule has 18 heavy (non-hydrogen) atoms. The first-order valence-corrected chi connectivity index (χ1v) is 6.75. The predicted molar refractivity (Wildman–Crippen MR) is 73.9 cm³/mol. The number of halogens is 1. The summed E-state index contributed by atoms with van der Waals surface area (Å²) in [6.07, 6.45) is 4.44. The second kappa shape index (κ2) is 4.69. The van der Waals surface area contributed by atoms with Crippen LogP contribution in [0, 0.1) is 6.92 Å². The number of rotatable bonds is 1. The van der Waals surface area contributed by atoms with Crippen molar-refractivity contribution in [3.63, 3.8) is 0 Å². The average molecular weight is 259 g/mol. The van der Waals surface area contributed by atoms with Crippen LogP contribution in [0.1, 0.15) is 29.7 Å². The third-order valence-corrected chi connectivity index (χ3v) is 3.83. The third kappa shape index (κ3) is 2.01. The molecule has 0 saturated carbocycles. The van der Waals surface area contributed by atoms with Gasteiger partial charge in [0.1, 0.15) is 5.15 Å². The average Bonchev–Trinajstić information content (AvgIpc) is 2.39. The minimum atomic E-state index is 0.637. The lowest BCUT2D eigenvalue weighted by molar-refractivity contribution is 0.663. The molecule has 0 bridgehead atoms. The van der Waals surface area contributed by atoms with Crippen LogP contribution in [0.4, 0.5) is 0 Å². The lowest BCUT2D eigenvalue weighted by Crippen LogP contribution is -2.09. The molecule has 0 fully saturated rings. The van der Waals surface area contributed by atoms with Gasteiger partial charge in [-0.15, -0.1) is 0 Å². The number of hydrogen-bond donors (Lipinski definition) is 0. The van der Waals surface area contributed by atoms with Gasteiger partial charge >= 0.3 is 0 Å². The normalized spacial score (nSPS) is 14.3. The first kappa shape index (κ1) is 11.7. The summed E-state index contributed by atoms with van der Waals surface area (Å²) in [5.74, 6) is 0.763. The van der Waals surface area contributed by atoms with Crippen LogP contribution in [-0.4, -0.2) is 9.97 Å². The molecular formula is C15H15ClN2. The maximum atomic E-state index is 6.30. The highest BCUT2D eigenvalue weighted by Gasteiger charge is 2.17. The zero-order chi connectivity index (χ0) is 12.5. The summed E-state index contributed by atoms with van der Waals surface area (Å²) >= 11 is 6.30. The van der Waals surface area contributed by atoms with Gasteiger partial charge in [-0.05, 0) is 38.2 Å². The van der Waals surface area contributed by atoms with Crippen molar-refractivity contribution in [1.82, 2.24) is 9.97 Å². The van der Waals surface area contributed by atoms with E-state index in [9.17, 15) is 0 Å². The first-order chi connectivity index (χ1) is 8.75. The quantitative estimate of drug-likeness (QED) is 0.723. The van der Waals surface area contributed by atoms with Gasteiger partial charge in [-0.3, -0.25) is 0 Å². The highest BCUT2D eigenvalue weighted by Crippen LogP contribution is 2.29. The molecule has 1 aromatic heterocycles. The Morgan fingerprint density at radius 3 is 2.67 bits per heavy atom. The Morgan fingerprint density at radius 2 is 1.83 bits per heavy atom. The second-order valence-corrected chi connectivity index (χ2v) is 5.14. The van der Waals surface area contributed by atoms with E-state index in [1.807, 2.05) is 12.1 Å². The van der Waals surface area contributed by atoms with E-state index in [-0.39, 0.29) is 0 Å². The summed E-state index contributed by atoms with van der Waals surface area (Å²) < 4.78 is 0. The van der Waals surface area contributed by atoms with Gasteiger partial charge in [0.05, 0.1) is 0 Å². The van der Waals surface area contributed by atoms with E-state index in [2.05, 4.69) is 24.0 Å². The Labute approximate surface area is 112 Å². The monoisotopic (exact) mass is 258 g/mol. The minimum absolute atomic E-state index is 0.637. The van der Waals surface area contributed by atoms with Crippen LogP contribution in [-0.2, 0) is 12.8 Å². The van der Waals surface area contributed by atoms with Gasteiger partial charge in [0.2, 0.25) is 0 Å². The van der Waals surface area contributed by atoms with Crippen LogP contribution in [0.25, 0.3) is 11.4 Å². The fraction of sp³-hybridized carbons (Fsp3) is 0.333. The molecule has 1 heterocycles. The van der Waals surface area contributed by atoms with Gasteiger partial charge in [0, 0.05) is 16.8 Å². The number of hydrogen-bond acceptors (Lipinski definition) is 2. The summed E-state index contributed by atoms with van der Waals surface area (Å²) in [5.41, 5.74) is 4.55. The molecule has 92 valence electrons. The summed E-state index contributed by atoms with van der Waals surface area (Å²) in [4.78, 5) is 9.18. The lowest BCUT2D eigenvalue weighted by Gasteiger charge is -2.17. The van der Waals surface area contributed by atoms with E-state index in [1.54, 1.807) is 0 Å². The number of benzene rings is 1. The van der Waals surface area contributed by atoms with Crippen LogP contribution in [0.15, 0.2) is 24.3 Å². The van der Waals surface area contributed by atoms with E-state index in [0.29, 0.717) is 5.15 Å². The van der Waals surface area contributed by atoms with Gasteiger partial charge in [-0.25, -0.2) is 9.97 Å². The predicted octanol–water partition coefficient (Wildman–Crippen LogP) is 3.98. The number of aryl methyl sites for hydroxylation is 2.